The number of hydrogen-bond acceptors (Lipinski definition) is 7. The Labute approximate surface area is 201 Å². The molecule has 4 rings (SSSR count). The number of benzene rings is 1. The molecule has 7 nitrogen and oxygen atoms in total. The van der Waals surface area contributed by atoms with Gasteiger partial charge in [-0.05, 0) is 58.4 Å². The lowest BCUT2D eigenvalue weighted by Gasteiger charge is -2.21. The molecule has 2 heterocycles. The molecule has 1 unspecified atom stereocenters. The SMILES string of the molecule is CNCC(O)COc1cccc(-c2nc(CC3(C(F)(F)F)CC3)c(C)c(-c3c(C)noc3C)n2)c1. The van der Waals surface area contributed by atoms with Crippen molar-refractivity contribution in [2.24, 2.45) is 5.41 Å². The fourth-order valence-electron chi connectivity index (χ4n) is 4.17. The van der Waals surface area contributed by atoms with Crippen molar-refractivity contribution in [2.45, 2.75) is 52.3 Å². The third-order valence-electron chi connectivity index (χ3n) is 6.45. The third kappa shape index (κ3) is 5.18. The molecule has 188 valence electrons. The van der Waals surface area contributed by atoms with E-state index in [0.29, 0.717) is 57.7 Å². The van der Waals surface area contributed by atoms with E-state index in [-0.39, 0.29) is 25.9 Å². The highest BCUT2D eigenvalue weighted by atomic mass is 19.4. The summed E-state index contributed by atoms with van der Waals surface area (Å²) < 4.78 is 52.4. The molecular formula is C25H29F3N4O3. The van der Waals surface area contributed by atoms with E-state index in [0.717, 1.165) is 0 Å². The van der Waals surface area contributed by atoms with Crippen LogP contribution in [0.4, 0.5) is 13.2 Å². The van der Waals surface area contributed by atoms with Gasteiger partial charge >= 0.3 is 6.18 Å². The average Bonchev–Trinajstić information content (AvgIpc) is 3.53. The smallest absolute Gasteiger partial charge is 0.394 e. The summed E-state index contributed by atoms with van der Waals surface area (Å²) >= 11 is 0. The maximum atomic E-state index is 13.8. The minimum Gasteiger partial charge on any atom is -0.491 e. The summed E-state index contributed by atoms with van der Waals surface area (Å²) in [6.45, 7) is 5.74. The molecule has 0 amide bonds. The summed E-state index contributed by atoms with van der Waals surface area (Å²) in [7, 11) is 1.73. The zero-order valence-electron chi connectivity index (χ0n) is 20.2. The van der Waals surface area contributed by atoms with E-state index >= 15 is 0 Å². The maximum Gasteiger partial charge on any atom is 0.394 e. The summed E-state index contributed by atoms with van der Waals surface area (Å²) in [6, 6.07) is 6.99. The first-order valence-electron chi connectivity index (χ1n) is 11.5. The lowest BCUT2D eigenvalue weighted by atomic mass is 9.94. The summed E-state index contributed by atoms with van der Waals surface area (Å²) in [5.41, 5.74) is 1.57. The molecule has 0 saturated heterocycles. The Kier molecular flexibility index (Phi) is 6.88. The van der Waals surface area contributed by atoms with Crippen LogP contribution in [0.1, 0.15) is 35.6 Å². The molecule has 1 atom stereocenters. The van der Waals surface area contributed by atoms with Gasteiger partial charge in [-0.25, -0.2) is 9.97 Å². The van der Waals surface area contributed by atoms with Gasteiger partial charge in [0.1, 0.15) is 24.2 Å². The molecule has 0 bridgehead atoms. The van der Waals surface area contributed by atoms with Gasteiger partial charge in [-0.2, -0.15) is 13.2 Å². The molecule has 0 spiro atoms. The number of rotatable bonds is 9. The van der Waals surface area contributed by atoms with Crippen molar-refractivity contribution in [1.82, 2.24) is 20.4 Å². The van der Waals surface area contributed by atoms with Gasteiger partial charge in [0.15, 0.2) is 5.82 Å². The van der Waals surface area contributed by atoms with Gasteiger partial charge < -0.3 is 19.7 Å². The first-order chi connectivity index (χ1) is 16.5. The summed E-state index contributed by atoms with van der Waals surface area (Å²) in [4.78, 5) is 9.34. The molecule has 35 heavy (non-hydrogen) atoms. The molecule has 1 aliphatic carbocycles. The second kappa shape index (κ2) is 9.58. The number of likely N-dealkylation sites (N-methyl/N-ethyl adjacent to an activating group) is 1. The first-order valence-corrected chi connectivity index (χ1v) is 11.5. The van der Waals surface area contributed by atoms with E-state index in [1.165, 1.54) is 0 Å². The van der Waals surface area contributed by atoms with Gasteiger partial charge in [-0.3, -0.25) is 0 Å². The molecule has 10 heteroatoms. The van der Waals surface area contributed by atoms with Crippen LogP contribution in [0.15, 0.2) is 28.8 Å². The Morgan fingerprint density at radius 2 is 1.94 bits per heavy atom. The van der Waals surface area contributed by atoms with Crippen LogP contribution in [0.2, 0.25) is 0 Å². The molecule has 0 aliphatic heterocycles. The van der Waals surface area contributed by atoms with Crippen molar-refractivity contribution in [3.05, 3.63) is 47.0 Å². The lowest BCUT2D eigenvalue weighted by Crippen LogP contribution is -2.29. The summed E-state index contributed by atoms with van der Waals surface area (Å²) in [5.74, 6) is 1.32. The third-order valence-corrected chi connectivity index (χ3v) is 6.45. The van der Waals surface area contributed by atoms with Crippen molar-refractivity contribution in [3.63, 3.8) is 0 Å². The molecule has 1 aliphatic rings. The number of hydrogen-bond donors (Lipinski definition) is 2. The van der Waals surface area contributed by atoms with Crippen molar-refractivity contribution in [3.8, 4) is 28.4 Å². The minimum absolute atomic E-state index is 0.0860. The molecular weight excluding hydrogens is 461 g/mol. The van der Waals surface area contributed by atoms with Crippen LogP contribution in [-0.2, 0) is 6.42 Å². The zero-order chi connectivity index (χ0) is 25.4. The topological polar surface area (TPSA) is 93.3 Å². The largest absolute Gasteiger partial charge is 0.491 e. The van der Waals surface area contributed by atoms with Crippen molar-refractivity contribution < 1.29 is 27.5 Å². The number of ether oxygens (including phenoxy) is 1. The van der Waals surface area contributed by atoms with E-state index in [4.69, 9.17) is 14.2 Å². The van der Waals surface area contributed by atoms with Crippen molar-refractivity contribution >= 4 is 0 Å². The van der Waals surface area contributed by atoms with Gasteiger partial charge in [-0.1, -0.05) is 17.3 Å². The molecule has 2 N–H and O–H groups in total. The van der Waals surface area contributed by atoms with E-state index in [9.17, 15) is 18.3 Å². The number of aromatic nitrogens is 3. The normalized spacial score (nSPS) is 15.8. The number of aliphatic hydroxyl groups is 1. The minimum atomic E-state index is -4.30. The highest BCUT2D eigenvalue weighted by Gasteiger charge is 2.63. The Balaban J connectivity index is 1.76. The van der Waals surface area contributed by atoms with E-state index in [1.54, 1.807) is 52.1 Å². The average molecular weight is 491 g/mol. The predicted molar refractivity (Wildman–Crippen MR) is 124 cm³/mol. The number of nitrogens with zero attached hydrogens (tertiary/aromatic N) is 3. The molecule has 0 radical (unpaired) electrons. The predicted octanol–water partition coefficient (Wildman–Crippen LogP) is 4.57. The number of halogens is 3. The quantitative estimate of drug-likeness (QED) is 0.454. The second-order valence-corrected chi connectivity index (χ2v) is 9.17. The van der Waals surface area contributed by atoms with Gasteiger partial charge in [0.25, 0.3) is 0 Å². The van der Waals surface area contributed by atoms with Crippen LogP contribution in [0, 0.1) is 26.2 Å². The van der Waals surface area contributed by atoms with Crippen LogP contribution < -0.4 is 10.1 Å². The molecule has 2 aromatic heterocycles. The van der Waals surface area contributed by atoms with E-state index in [1.807, 2.05) is 0 Å². The van der Waals surface area contributed by atoms with Crippen molar-refractivity contribution in [1.29, 1.82) is 0 Å². The Morgan fingerprint density at radius 3 is 2.54 bits per heavy atom. The van der Waals surface area contributed by atoms with Crippen LogP contribution in [0.5, 0.6) is 5.75 Å². The highest BCUT2D eigenvalue weighted by molar-refractivity contribution is 5.71. The molecule has 3 aromatic rings. The zero-order valence-corrected chi connectivity index (χ0v) is 20.2. The molecule has 1 aromatic carbocycles. The molecule has 1 saturated carbocycles. The van der Waals surface area contributed by atoms with Gasteiger partial charge in [0, 0.05) is 24.2 Å². The van der Waals surface area contributed by atoms with E-state index in [2.05, 4.69) is 15.5 Å². The second-order valence-electron chi connectivity index (χ2n) is 9.17. The van der Waals surface area contributed by atoms with Crippen LogP contribution in [0.25, 0.3) is 22.6 Å². The van der Waals surface area contributed by atoms with Crippen molar-refractivity contribution in [2.75, 3.05) is 20.2 Å². The first kappa shape index (κ1) is 25.1. The Hall–Kier alpha value is -2.98. The fraction of sp³-hybridized carbons (Fsp3) is 0.480. The number of alkyl halides is 3. The van der Waals surface area contributed by atoms with Gasteiger partial charge in [0.05, 0.1) is 22.4 Å². The monoisotopic (exact) mass is 490 g/mol. The summed E-state index contributed by atoms with van der Waals surface area (Å²) in [5, 5.41) is 16.8. The standard InChI is InChI=1S/C25H29F3N4O3/c1-14-20(11-24(8-9-24)25(26,27)28)30-23(31-22(14)21-15(2)32-35-16(21)3)17-6-5-7-19(10-17)34-13-18(33)12-29-4/h5-7,10,18,29,33H,8-9,11-13H2,1-4H3. The fourth-order valence-corrected chi connectivity index (χ4v) is 4.17. The van der Waals surface area contributed by atoms with Gasteiger partial charge in [-0.15, -0.1) is 0 Å². The lowest BCUT2D eigenvalue weighted by molar-refractivity contribution is -0.186. The molecule has 1 fully saturated rings. The Bertz CT molecular complexity index is 1190. The number of nitrogens with one attached hydrogen (secondary N) is 1. The van der Waals surface area contributed by atoms with Gasteiger partial charge in [0.2, 0.25) is 0 Å². The summed E-state index contributed by atoms with van der Waals surface area (Å²) in [6.07, 6.45) is -5.01. The Morgan fingerprint density at radius 1 is 1.20 bits per heavy atom. The van der Waals surface area contributed by atoms with Crippen LogP contribution in [0.3, 0.4) is 0 Å². The van der Waals surface area contributed by atoms with Crippen LogP contribution >= 0.6 is 0 Å². The number of aryl methyl sites for hydroxylation is 2. The number of aliphatic hydroxyl groups excluding tert-OH is 1. The van der Waals surface area contributed by atoms with E-state index < -0.39 is 17.7 Å². The maximum absolute atomic E-state index is 13.8. The highest BCUT2D eigenvalue weighted by Crippen LogP contribution is 2.59. The van der Waals surface area contributed by atoms with Crippen LogP contribution in [-0.4, -0.2) is 52.7 Å².